The van der Waals surface area contributed by atoms with Gasteiger partial charge in [-0.05, 0) is 26.2 Å². The van der Waals surface area contributed by atoms with Crippen LogP contribution < -0.4 is 4.90 Å². The van der Waals surface area contributed by atoms with E-state index < -0.39 is 6.10 Å². The minimum atomic E-state index is -0.447. The van der Waals surface area contributed by atoms with Crippen molar-refractivity contribution in [3.63, 3.8) is 0 Å². The highest BCUT2D eigenvalue weighted by Crippen LogP contribution is 2.34. The van der Waals surface area contributed by atoms with Crippen LogP contribution >= 0.6 is 11.3 Å². The maximum absolute atomic E-state index is 9.43. The number of aromatic nitrogens is 1. The van der Waals surface area contributed by atoms with Crippen LogP contribution in [0.5, 0.6) is 0 Å². The fourth-order valence-corrected chi connectivity index (χ4v) is 2.67. The maximum atomic E-state index is 9.43. The van der Waals surface area contributed by atoms with Crippen LogP contribution in [0.4, 0.5) is 5.13 Å². The quantitative estimate of drug-likeness (QED) is 0.838. The third kappa shape index (κ3) is 2.49. The molecule has 1 N–H and O–H groups in total. The molecule has 0 amide bonds. The van der Waals surface area contributed by atoms with Crippen LogP contribution in [0.1, 0.15) is 44.9 Å². The topological polar surface area (TPSA) is 36.4 Å². The van der Waals surface area contributed by atoms with Gasteiger partial charge in [-0.3, -0.25) is 0 Å². The van der Waals surface area contributed by atoms with Crippen LogP contribution in [0.15, 0.2) is 5.38 Å². The predicted octanol–water partition coefficient (Wildman–Crippen LogP) is 2.58. The third-order valence-electron chi connectivity index (χ3n) is 2.64. The summed E-state index contributed by atoms with van der Waals surface area (Å²) < 4.78 is 0. The van der Waals surface area contributed by atoms with E-state index in [-0.39, 0.29) is 0 Å². The zero-order chi connectivity index (χ0) is 10.8. The van der Waals surface area contributed by atoms with Crippen molar-refractivity contribution in [2.24, 2.45) is 0 Å². The number of hydrogen-bond donors (Lipinski definition) is 1. The molecule has 0 bridgehead atoms. The molecule has 0 aromatic carbocycles. The minimum Gasteiger partial charge on any atom is -0.387 e. The molecule has 0 aliphatic heterocycles. The first kappa shape index (κ1) is 10.9. The van der Waals surface area contributed by atoms with Crippen LogP contribution in [-0.4, -0.2) is 22.7 Å². The SMILES string of the molecule is CCCN(c1nc(C(C)O)cs1)C1CC1. The molecular formula is C11H18N2OS. The van der Waals surface area contributed by atoms with Gasteiger partial charge in [-0.2, -0.15) is 0 Å². The Morgan fingerprint density at radius 2 is 2.40 bits per heavy atom. The lowest BCUT2D eigenvalue weighted by Crippen LogP contribution is -2.26. The molecule has 0 spiro atoms. The fraction of sp³-hybridized carbons (Fsp3) is 0.727. The summed E-state index contributed by atoms with van der Waals surface area (Å²) >= 11 is 1.65. The van der Waals surface area contributed by atoms with Crippen molar-refractivity contribution in [3.8, 4) is 0 Å². The molecule has 1 aliphatic carbocycles. The van der Waals surface area contributed by atoms with E-state index in [0.29, 0.717) is 6.04 Å². The zero-order valence-corrected chi connectivity index (χ0v) is 10.1. The van der Waals surface area contributed by atoms with Gasteiger partial charge in [-0.1, -0.05) is 6.92 Å². The summed E-state index contributed by atoms with van der Waals surface area (Å²) in [6, 6.07) is 0.706. The van der Waals surface area contributed by atoms with Crippen molar-refractivity contribution in [2.45, 2.75) is 45.3 Å². The molecular weight excluding hydrogens is 208 g/mol. The molecule has 1 unspecified atom stereocenters. The number of hydrogen-bond acceptors (Lipinski definition) is 4. The van der Waals surface area contributed by atoms with Crippen molar-refractivity contribution in [2.75, 3.05) is 11.4 Å². The van der Waals surface area contributed by atoms with E-state index in [4.69, 9.17) is 0 Å². The predicted molar refractivity (Wildman–Crippen MR) is 63.4 cm³/mol. The molecule has 1 aliphatic rings. The lowest BCUT2D eigenvalue weighted by Gasteiger charge is -2.20. The minimum absolute atomic E-state index is 0.447. The normalized spacial score (nSPS) is 17.8. The number of aliphatic hydroxyl groups excluding tert-OH is 1. The maximum Gasteiger partial charge on any atom is 0.185 e. The summed E-state index contributed by atoms with van der Waals surface area (Å²) in [6.45, 7) is 5.04. The van der Waals surface area contributed by atoms with E-state index in [1.165, 1.54) is 12.8 Å². The number of rotatable bonds is 5. The molecule has 2 rings (SSSR count). The van der Waals surface area contributed by atoms with Crippen LogP contribution in [0, 0.1) is 0 Å². The molecule has 0 saturated heterocycles. The van der Waals surface area contributed by atoms with Crippen molar-refractivity contribution in [3.05, 3.63) is 11.1 Å². The summed E-state index contributed by atoms with van der Waals surface area (Å²) in [4.78, 5) is 6.87. The number of anilines is 1. The molecule has 4 heteroatoms. The Labute approximate surface area is 94.8 Å². The standard InChI is InChI=1S/C11H18N2OS/c1-3-6-13(9-4-5-9)11-12-10(7-15-11)8(2)14/h7-9,14H,3-6H2,1-2H3. The van der Waals surface area contributed by atoms with Crippen molar-refractivity contribution in [1.82, 2.24) is 4.98 Å². The van der Waals surface area contributed by atoms with Crippen molar-refractivity contribution in [1.29, 1.82) is 0 Å². The molecule has 1 aromatic heterocycles. The molecule has 84 valence electrons. The largest absolute Gasteiger partial charge is 0.387 e. The average molecular weight is 226 g/mol. The first-order chi connectivity index (χ1) is 7.22. The van der Waals surface area contributed by atoms with E-state index in [1.54, 1.807) is 18.3 Å². The Balaban J connectivity index is 2.10. The monoisotopic (exact) mass is 226 g/mol. The van der Waals surface area contributed by atoms with Crippen molar-refractivity contribution >= 4 is 16.5 Å². The van der Waals surface area contributed by atoms with Crippen LogP contribution in [-0.2, 0) is 0 Å². The molecule has 15 heavy (non-hydrogen) atoms. The van der Waals surface area contributed by atoms with E-state index in [2.05, 4.69) is 16.8 Å². The molecule has 0 radical (unpaired) electrons. The van der Waals surface area contributed by atoms with Gasteiger partial charge < -0.3 is 10.0 Å². The number of thiazole rings is 1. The van der Waals surface area contributed by atoms with E-state index in [9.17, 15) is 5.11 Å². The second-order valence-electron chi connectivity index (χ2n) is 4.16. The van der Waals surface area contributed by atoms with Gasteiger partial charge in [0.2, 0.25) is 0 Å². The van der Waals surface area contributed by atoms with E-state index >= 15 is 0 Å². The van der Waals surface area contributed by atoms with E-state index in [1.807, 2.05) is 5.38 Å². The Kier molecular flexibility index (Phi) is 3.26. The van der Waals surface area contributed by atoms with Crippen LogP contribution in [0.25, 0.3) is 0 Å². The molecule has 1 saturated carbocycles. The van der Waals surface area contributed by atoms with Gasteiger partial charge in [0.15, 0.2) is 5.13 Å². The Morgan fingerprint density at radius 1 is 1.67 bits per heavy atom. The summed E-state index contributed by atoms with van der Waals surface area (Å²) in [7, 11) is 0. The highest BCUT2D eigenvalue weighted by Gasteiger charge is 2.30. The van der Waals surface area contributed by atoms with Gasteiger partial charge in [0.25, 0.3) is 0 Å². The highest BCUT2D eigenvalue weighted by atomic mass is 32.1. The van der Waals surface area contributed by atoms with Gasteiger partial charge in [0.05, 0.1) is 11.8 Å². The Hall–Kier alpha value is -0.610. The summed E-state index contributed by atoms with van der Waals surface area (Å²) in [6.07, 6.45) is 3.30. The molecule has 1 aromatic rings. The van der Waals surface area contributed by atoms with Gasteiger partial charge in [0.1, 0.15) is 0 Å². The smallest absolute Gasteiger partial charge is 0.185 e. The van der Waals surface area contributed by atoms with Gasteiger partial charge >= 0.3 is 0 Å². The first-order valence-electron chi connectivity index (χ1n) is 5.62. The summed E-state index contributed by atoms with van der Waals surface area (Å²) in [5, 5.41) is 12.5. The van der Waals surface area contributed by atoms with Crippen molar-refractivity contribution < 1.29 is 5.11 Å². The lowest BCUT2D eigenvalue weighted by atomic mass is 10.3. The fourth-order valence-electron chi connectivity index (χ4n) is 1.66. The van der Waals surface area contributed by atoms with E-state index in [0.717, 1.165) is 23.8 Å². The molecule has 1 heterocycles. The second kappa shape index (κ2) is 4.49. The molecule has 3 nitrogen and oxygen atoms in total. The van der Waals surface area contributed by atoms with Crippen LogP contribution in [0.3, 0.4) is 0 Å². The highest BCUT2D eigenvalue weighted by molar-refractivity contribution is 7.13. The first-order valence-corrected chi connectivity index (χ1v) is 6.50. The average Bonchev–Trinajstić information content (AvgIpc) is 2.91. The lowest BCUT2D eigenvalue weighted by molar-refractivity contribution is 0.195. The zero-order valence-electron chi connectivity index (χ0n) is 9.31. The van der Waals surface area contributed by atoms with Gasteiger partial charge in [0, 0.05) is 18.0 Å². The second-order valence-corrected chi connectivity index (χ2v) is 4.99. The van der Waals surface area contributed by atoms with Crippen LogP contribution in [0.2, 0.25) is 0 Å². The van der Waals surface area contributed by atoms with Gasteiger partial charge in [-0.15, -0.1) is 11.3 Å². The van der Waals surface area contributed by atoms with Gasteiger partial charge in [-0.25, -0.2) is 4.98 Å². The molecule has 1 fully saturated rings. The Morgan fingerprint density at radius 3 is 2.87 bits per heavy atom. The number of nitrogens with zero attached hydrogens (tertiary/aromatic N) is 2. The molecule has 1 atom stereocenters. The summed E-state index contributed by atoms with van der Waals surface area (Å²) in [5.41, 5.74) is 0.803. The Bertz CT molecular complexity index is 320. The number of aliphatic hydroxyl groups is 1. The summed E-state index contributed by atoms with van der Waals surface area (Å²) in [5.74, 6) is 0. The third-order valence-corrected chi connectivity index (χ3v) is 3.53.